The zero-order chi connectivity index (χ0) is 17.6. The van der Waals surface area contributed by atoms with Crippen LogP contribution in [0.1, 0.15) is 0 Å². The number of para-hydroxylation sites is 3. The number of nitrogens with one attached hydrogen (secondary N) is 1. The van der Waals surface area contributed by atoms with Crippen LogP contribution in [0.15, 0.2) is 115 Å². The lowest BCUT2D eigenvalue weighted by Gasteiger charge is -2.28. The van der Waals surface area contributed by atoms with Gasteiger partial charge < -0.3 is 0 Å². The number of nitrogens with zero attached hydrogens (tertiary/aromatic N) is 1. The second-order valence-corrected chi connectivity index (χ2v) is 6.03. The van der Waals surface area contributed by atoms with Gasteiger partial charge in [-0.3, -0.25) is 10.4 Å². The molecule has 0 radical (unpaired) electrons. The van der Waals surface area contributed by atoms with Crippen molar-refractivity contribution in [1.29, 1.82) is 0 Å². The molecule has 1 N–H and O–H groups in total. The summed E-state index contributed by atoms with van der Waals surface area (Å²) in [7, 11) is 0. The van der Waals surface area contributed by atoms with Crippen molar-refractivity contribution in [3.63, 3.8) is 0 Å². The number of rotatable bonds is 5. The summed E-state index contributed by atoms with van der Waals surface area (Å²) in [6, 6.07) is 39.5. The normalized spacial score (nSPS) is 10.3. The van der Waals surface area contributed by atoms with E-state index in [4.69, 9.17) is 0 Å². The van der Waals surface area contributed by atoms with Crippen molar-refractivity contribution >= 4 is 17.1 Å². The number of anilines is 3. The third-order valence-corrected chi connectivity index (χ3v) is 4.26. The fourth-order valence-electron chi connectivity index (χ4n) is 3.01. The Morgan fingerprint density at radius 1 is 0.500 bits per heavy atom. The zero-order valence-corrected chi connectivity index (χ0v) is 14.4. The van der Waals surface area contributed by atoms with Gasteiger partial charge >= 0.3 is 0 Å². The van der Waals surface area contributed by atoms with E-state index in [0.717, 1.165) is 17.1 Å². The van der Waals surface area contributed by atoms with Crippen molar-refractivity contribution in [2.24, 2.45) is 0 Å². The lowest BCUT2D eigenvalue weighted by atomic mass is 10.0. The largest absolute Gasteiger partial charge is 0.294 e. The van der Waals surface area contributed by atoms with E-state index in [1.165, 1.54) is 11.1 Å². The van der Waals surface area contributed by atoms with Crippen LogP contribution in [-0.2, 0) is 0 Å². The average molecular weight is 336 g/mol. The third-order valence-electron chi connectivity index (χ3n) is 4.26. The first-order valence-corrected chi connectivity index (χ1v) is 8.73. The van der Waals surface area contributed by atoms with E-state index in [1.54, 1.807) is 0 Å². The molecule has 2 heteroatoms. The monoisotopic (exact) mass is 336 g/mol. The molecule has 0 aliphatic carbocycles. The molecule has 126 valence electrons. The smallest absolute Gasteiger partial charge is 0.0708 e. The van der Waals surface area contributed by atoms with Crippen LogP contribution in [0, 0.1) is 0 Å². The fraction of sp³-hybridized carbons (Fsp3) is 0. The molecular weight excluding hydrogens is 316 g/mol. The van der Waals surface area contributed by atoms with Crippen LogP contribution < -0.4 is 10.4 Å². The Morgan fingerprint density at radius 2 is 1.04 bits per heavy atom. The van der Waals surface area contributed by atoms with Gasteiger partial charge in [0, 0.05) is 5.56 Å². The quantitative estimate of drug-likeness (QED) is 0.417. The third kappa shape index (κ3) is 3.45. The van der Waals surface area contributed by atoms with Gasteiger partial charge in [0.1, 0.15) is 0 Å². The van der Waals surface area contributed by atoms with Crippen LogP contribution in [0.2, 0.25) is 0 Å². The molecule has 0 aliphatic heterocycles. The Kier molecular flexibility index (Phi) is 4.66. The number of benzene rings is 4. The van der Waals surface area contributed by atoms with Gasteiger partial charge in [-0.05, 0) is 35.9 Å². The highest BCUT2D eigenvalue weighted by molar-refractivity contribution is 5.83. The highest BCUT2D eigenvalue weighted by Gasteiger charge is 2.14. The van der Waals surface area contributed by atoms with E-state index in [2.05, 4.69) is 95.4 Å². The molecule has 2 nitrogen and oxygen atoms in total. The van der Waals surface area contributed by atoms with Crippen LogP contribution in [-0.4, -0.2) is 0 Å². The van der Waals surface area contributed by atoms with Gasteiger partial charge in [0.05, 0.1) is 17.1 Å². The number of hydrazine groups is 1. The minimum Gasteiger partial charge on any atom is -0.294 e. The number of hydrogen-bond donors (Lipinski definition) is 1. The second-order valence-electron chi connectivity index (χ2n) is 6.03. The molecule has 0 heterocycles. The molecule has 4 rings (SSSR count). The molecule has 4 aromatic rings. The maximum absolute atomic E-state index is 3.56. The van der Waals surface area contributed by atoms with Gasteiger partial charge in [0.2, 0.25) is 0 Å². The zero-order valence-electron chi connectivity index (χ0n) is 14.4. The standard InChI is InChI=1S/C24H20N2/c1-4-12-20(13-5-1)23-18-10-11-19-24(23)26(22-16-8-3-9-17-22)25-21-14-6-2-7-15-21/h1-19,25H. The van der Waals surface area contributed by atoms with Crippen molar-refractivity contribution in [1.82, 2.24) is 0 Å². The maximum Gasteiger partial charge on any atom is 0.0708 e. The lowest BCUT2D eigenvalue weighted by molar-refractivity contribution is 1.16. The molecule has 0 saturated heterocycles. The van der Waals surface area contributed by atoms with E-state index in [-0.39, 0.29) is 0 Å². The summed E-state index contributed by atoms with van der Waals surface area (Å²) >= 11 is 0. The molecule has 0 aliphatic rings. The maximum atomic E-state index is 3.56. The first-order valence-electron chi connectivity index (χ1n) is 8.73. The summed E-state index contributed by atoms with van der Waals surface area (Å²) in [6.07, 6.45) is 0. The fourth-order valence-corrected chi connectivity index (χ4v) is 3.01. The summed E-state index contributed by atoms with van der Waals surface area (Å²) in [5, 5.41) is 2.14. The molecule has 0 amide bonds. The Bertz CT molecular complexity index is 951. The van der Waals surface area contributed by atoms with Crippen molar-refractivity contribution in [2.45, 2.75) is 0 Å². The topological polar surface area (TPSA) is 15.3 Å². The van der Waals surface area contributed by atoms with E-state index >= 15 is 0 Å². The van der Waals surface area contributed by atoms with Crippen molar-refractivity contribution in [3.05, 3.63) is 115 Å². The predicted octanol–water partition coefficient (Wildman–Crippen LogP) is 6.52. The minimum atomic E-state index is 1.04. The summed E-state index contributed by atoms with van der Waals surface area (Å²) in [5.41, 5.74) is 9.16. The molecular formula is C24H20N2. The molecule has 0 bridgehead atoms. The molecule has 0 aromatic heterocycles. The van der Waals surface area contributed by atoms with Crippen LogP contribution in [0.5, 0.6) is 0 Å². The molecule has 26 heavy (non-hydrogen) atoms. The molecule has 0 atom stereocenters. The molecule has 0 saturated carbocycles. The van der Waals surface area contributed by atoms with E-state index in [0.29, 0.717) is 0 Å². The van der Waals surface area contributed by atoms with Gasteiger partial charge in [-0.2, -0.15) is 0 Å². The highest BCUT2D eigenvalue weighted by atomic mass is 15.5. The van der Waals surface area contributed by atoms with E-state index in [9.17, 15) is 0 Å². The van der Waals surface area contributed by atoms with Crippen LogP contribution in [0.4, 0.5) is 17.1 Å². The average Bonchev–Trinajstić information content (AvgIpc) is 2.74. The first kappa shape index (κ1) is 16.0. The summed E-state index contributed by atoms with van der Waals surface area (Å²) < 4.78 is 0. The van der Waals surface area contributed by atoms with Crippen LogP contribution in [0.25, 0.3) is 11.1 Å². The molecule has 0 unspecified atom stereocenters. The highest BCUT2D eigenvalue weighted by Crippen LogP contribution is 2.35. The Labute approximate surface area is 154 Å². The van der Waals surface area contributed by atoms with Gasteiger partial charge in [-0.25, -0.2) is 0 Å². The van der Waals surface area contributed by atoms with Crippen molar-refractivity contribution in [3.8, 4) is 11.1 Å². The Hall–Kier alpha value is -3.52. The summed E-state index contributed by atoms with van der Waals surface area (Å²) in [5.74, 6) is 0. The van der Waals surface area contributed by atoms with Crippen LogP contribution >= 0.6 is 0 Å². The summed E-state index contributed by atoms with van der Waals surface area (Å²) in [4.78, 5) is 0. The molecule has 4 aromatic carbocycles. The Morgan fingerprint density at radius 3 is 1.73 bits per heavy atom. The minimum absolute atomic E-state index is 1.04. The SMILES string of the molecule is c1ccc(NN(c2ccccc2)c2ccccc2-c2ccccc2)cc1. The van der Waals surface area contributed by atoms with Crippen molar-refractivity contribution in [2.75, 3.05) is 10.4 Å². The Balaban J connectivity index is 1.82. The van der Waals surface area contributed by atoms with Gasteiger partial charge in [-0.15, -0.1) is 0 Å². The van der Waals surface area contributed by atoms with Gasteiger partial charge in [-0.1, -0.05) is 84.9 Å². The molecule has 0 fully saturated rings. The van der Waals surface area contributed by atoms with Gasteiger partial charge in [0.15, 0.2) is 0 Å². The van der Waals surface area contributed by atoms with Crippen LogP contribution in [0.3, 0.4) is 0 Å². The van der Waals surface area contributed by atoms with E-state index < -0.39 is 0 Å². The van der Waals surface area contributed by atoms with Crippen molar-refractivity contribution < 1.29 is 0 Å². The first-order chi connectivity index (χ1) is 12.9. The lowest BCUT2D eigenvalue weighted by Crippen LogP contribution is -2.24. The summed E-state index contributed by atoms with van der Waals surface area (Å²) in [6.45, 7) is 0. The second kappa shape index (κ2) is 7.58. The molecule has 0 spiro atoms. The van der Waals surface area contributed by atoms with E-state index in [1.807, 2.05) is 30.3 Å². The number of hydrogen-bond acceptors (Lipinski definition) is 2. The predicted molar refractivity (Wildman–Crippen MR) is 111 cm³/mol. The van der Waals surface area contributed by atoms with Gasteiger partial charge in [0.25, 0.3) is 0 Å².